The van der Waals surface area contributed by atoms with Crippen molar-refractivity contribution >= 4 is 11.3 Å². The molecule has 0 saturated carbocycles. The number of hydrogen-bond donors (Lipinski definition) is 1. The molecule has 0 atom stereocenters. The van der Waals surface area contributed by atoms with Gasteiger partial charge in [-0.05, 0) is 19.4 Å². The summed E-state index contributed by atoms with van der Waals surface area (Å²) in [5.41, 5.74) is 2.64. The molecule has 1 heterocycles. The van der Waals surface area contributed by atoms with Crippen molar-refractivity contribution in [1.82, 2.24) is 10.3 Å². The zero-order chi connectivity index (χ0) is 11.4. The van der Waals surface area contributed by atoms with Gasteiger partial charge in [-0.1, -0.05) is 29.8 Å². The summed E-state index contributed by atoms with van der Waals surface area (Å²) in [7, 11) is 0. The fraction of sp³-hybridized carbons (Fsp3) is 0.308. The maximum atomic E-state index is 4.32. The molecule has 2 nitrogen and oxygen atoms in total. The zero-order valence-corrected chi connectivity index (χ0v) is 10.5. The van der Waals surface area contributed by atoms with Gasteiger partial charge in [-0.3, -0.25) is 0 Å². The van der Waals surface area contributed by atoms with E-state index in [4.69, 9.17) is 0 Å². The molecule has 1 aromatic carbocycles. The number of rotatable bonds is 4. The Balaban J connectivity index is 1.84. The Kier molecular flexibility index (Phi) is 3.70. The zero-order valence-electron chi connectivity index (χ0n) is 9.66. The van der Waals surface area contributed by atoms with Crippen molar-refractivity contribution < 1.29 is 0 Å². The van der Waals surface area contributed by atoms with E-state index in [0.717, 1.165) is 18.1 Å². The van der Waals surface area contributed by atoms with Crippen molar-refractivity contribution in [2.45, 2.75) is 26.9 Å². The average Bonchev–Trinajstić information content (AvgIpc) is 2.64. The molecule has 0 radical (unpaired) electrons. The monoisotopic (exact) mass is 232 g/mol. The van der Waals surface area contributed by atoms with Crippen LogP contribution in [-0.4, -0.2) is 4.98 Å². The maximum Gasteiger partial charge on any atom is 0.107 e. The predicted molar refractivity (Wildman–Crippen MR) is 68.6 cm³/mol. The second-order valence-electron chi connectivity index (χ2n) is 3.96. The third kappa shape index (κ3) is 3.15. The second kappa shape index (κ2) is 5.23. The first kappa shape index (κ1) is 11.3. The fourth-order valence-electron chi connectivity index (χ4n) is 1.62. The Morgan fingerprint density at radius 2 is 2.12 bits per heavy atom. The molecule has 1 aromatic heterocycles. The van der Waals surface area contributed by atoms with E-state index < -0.39 is 0 Å². The highest BCUT2D eigenvalue weighted by atomic mass is 32.1. The number of benzene rings is 1. The van der Waals surface area contributed by atoms with E-state index >= 15 is 0 Å². The first-order valence-electron chi connectivity index (χ1n) is 5.41. The molecule has 84 valence electrons. The largest absolute Gasteiger partial charge is 0.306 e. The minimum absolute atomic E-state index is 0.854. The molecular formula is C13H16N2S. The van der Waals surface area contributed by atoms with Crippen molar-refractivity contribution in [2.24, 2.45) is 0 Å². The second-order valence-corrected chi connectivity index (χ2v) is 5.28. The summed E-state index contributed by atoms with van der Waals surface area (Å²) in [4.78, 5) is 5.59. The fourth-order valence-corrected chi connectivity index (χ4v) is 2.38. The number of aromatic nitrogens is 1. The minimum Gasteiger partial charge on any atom is -0.306 e. The summed E-state index contributed by atoms with van der Waals surface area (Å²) in [6.07, 6.45) is 1.92. The molecule has 2 aromatic rings. The minimum atomic E-state index is 0.854. The van der Waals surface area contributed by atoms with Gasteiger partial charge in [0.15, 0.2) is 0 Å². The van der Waals surface area contributed by atoms with Crippen LogP contribution in [0.5, 0.6) is 0 Å². The molecule has 0 aliphatic rings. The Morgan fingerprint density at radius 1 is 1.25 bits per heavy atom. The molecule has 1 N–H and O–H groups in total. The molecule has 3 heteroatoms. The van der Waals surface area contributed by atoms with E-state index in [1.165, 1.54) is 16.0 Å². The van der Waals surface area contributed by atoms with Crippen LogP contribution in [0.4, 0.5) is 0 Å². The van der Waals surface area contributed by atoms with Crippen molar-refractivity contribution in [3.63, 3.8) is 0 Å². The van der Waals surface area contributed by atoms with E-state index in [1.807, 2.05) is 6.20 Å². The van der Waals surface area contributed by atoms with Crippen LogP contribution in [0.25, 0.3) is 0 Å². The van der Waals surface area contributed by atoms with Crippen LogP contribution >= 0.6 is 11.3 Å². The van der Waals surface area contributed by atoms with Gasteiger partial charge in [0.1, 0.15) is 5.01 Å². The molecule has 0 bridgehead atoms. The topological polar surface area (TPSA) is 24.9 Å². The summed E-state index contributed by atoms with van der Waals surface area (Å²) < 4.78 is 0. The van der Waals surface area contributed by atoms with Crippen LogP contribution in [0.1, 0.15) is 21.0 Å². The lowest BCUT2D eigenvalue weighted by molar-refractivity contribution is 0.689. The standard InChI is InChI=1S/C13H16N2S/c1-10-4-3-5-12(6-10)8-14-9-13-15-7-11(2)16-13/h3-7,14H,8-9H2,1-2H3. The lowest BCUT2D eigenvalue weighted by Crippen LogP contribution is -2.12. The van der Waals surface area contributed by atoms with Crippen molar-refractivity contribution in [3.8, 4) is 0 Å². The van der Waals surface area contributed by atoms with Crippen molar-refractivity contribution in [3.05, 3.63) is 51.5 Å². The normalized spacial score (nSPS) is 10.6. The van der Waals surface area contributed by atoms with Crippen molar-refractivity contribution in [1.29, 1.82) is 0 Å². The van der Waals surface area contributed by atoms with E-state index in [9.17, 15) is 0 Å². The SMILES string of the molecule is Cc1cccc(CNCc2ncc(C)s2)c1. The molecule has 0 aliphatic carbocycles. The van der Waals surface area contributed by atoms with Crippen LogP contribution < -0.4 is 5.32 Å². The number of hydrogen-bond acceptors (Lipinski definition) is 3. The van der Waals surface area contributed by atoms with Gasteiger partial charge in [-0.15, -0.1) is 11.3 Å². The highest BCUT2D eigenvalue weighted by Gasteiger charge is 1.98. The predicted octanol–water partition coefficient (Wildman–Crippen LogP) is 3.05. The highest BCUT2D eigenvalue weighted by Crippen LogP contribution is 2.11. The third-order valence-corrected chi connectivity index (χ3v) is 3.27. The Hall–Kier alpha value is -1.19. The third-order valence-electron chi connectivity index (χ3n) is 2.36. The van der Waals surface area contributed by atoms with Crippen LogP contribution in [0.2, 0.25) is 0 Å². The van der Waals surface area contributed by atoms with E-state index in [-0.39, 0.29) is 0 Å². The van der Waals surface area contributed by atoms with Crippen LogP contribution in [0.15, 0.2) is 30.5 Å². The van der Waals surface area contributed by atoms with Crippen LogP contribution in [0.3, 0.4) is 0 Å². The molecule has 0 aliphatic heterocycles. The van der Waals surface area contributed by atoms with Crippen molar-refractivity contribution in [2.75, 3.05) is 0 Å². The van der Waals surface area contributed by atoms with E-state index in [1.54, 1.807) is 11.3 Å². The number of nitrogens with zero attached hydrogens (tertiary/aromatic N) is 1. The first-order valence-corrected chi connectivity index (χ1v) is 6.23. The lowest BCUT2D eigenvalue weighted by Gasteiger charge is -2.03. The van der Waals surface area contributed by atoms with Gasteiger partial charge in [0, 0.05) is 24.2 Å². The number of thiazole rings is 1. The molecule has 0 spiro atoms. The Bertz CT molecular complexity index is 462. The molecule has 16 heavy (non-hydrogen) atoms. The van der Waals surface area contributed by atoms with Gasteiger partial charge in [0.05, 0.1) is 0 Å². The smallest absolute Gasteiger partial charge is 0.107 e. The quantitative estimate of drug-likeness (QED) is 0.876. The van der Waals surface area contributed by atoms with Crippen LogP contribution in [-0.2, 0) is 13.1 Å². The highest BCUT2D eigenvalue weighted by molar-refractivity contribution is 7.11. The summed E-state index contributed by atoms with van der Waals surface area (Å²) in [5.74, 6) is 0. The number of nitrogens with one attached hydrogen (secondary N) is 1. The van der Waals surface area contributed by atoms with Gasteiger partial charge in [0.2, 0.25) is 0 Å². The van der Waals surface area contributed by atoms with E-state index in [0.29, 0.717) is 0 Å². The molecule has 0 saturated heterocycles. The molecule has 0 unspecified atom stereocenters. The van der Waals surface area contributed by atoms with Gasteiger partial charge in [-0.25, -0.2) is 4.98 Å². The molecule has 2 rings (SSSR count). The molecular weight excluding hydrogens is 216 g/mol. The average molecular weight is 232 g/mol. The first-order chi connectivity index (χ1) is 7.74. The van der Waals surface area contributed by atoms with Gasteiger partial charge in [0.25, 0.3) is 0 Å². The number of aryl methyl sites for hydroxylation is 2. The van der Waals surface area contributed by atoms with E-state index in [2.05, 4.69) is 48.4 Å². The summed E-state index contributed by atoms with van der Waals surface area (Å²) >= 11 is 1.75. The lowest BCUT2D eigenvalue weighted by atomic mass is 10.1. The Morgan fingerprint density at radius 3 is 2.81 bits per heavy atom. The molecule has 0 fully saturated rings. The maximum absolute atomic E-state index is 4.32. The summed E-state index contributed by atoms with van der Waals surface area (Å²) in [6.45, 7) is 5.96. The summed E-state index contributed by atoms with van der Waals surface area (Å²) in [5, 5.41) is 4.56. The van der Waals surface area contributed by atoms with Gasteiger partial charge >= 0.3 is 0 Å². The Labute approximate surface area is 100 Å². The molecule has 0 amide bonds. The van der Waals surface area contributed by atoms with Gasteiger partial charge < -0.3 is 5.32 Å². The summed E-state index contributed by atoms with van der Waals surface area (Å²) in [6, 6.07) is 8.57. The van der Waals surface area contributed by atoms with Gasteiger partial charge in [-0.2, -0.15) is 0 Å². The van der Waals surface area contributed by atoms with Crippen LogP contribution in [0, 0.1) is 13.8 Å².